The summed E-state index contributed by atoms with van der Waals surface area (Å²) in [6.45, 7) is 4.49. The second-order valence-corrected chi connectivity index (χ2v) is 9.25. The van der Waals surface area contributed by atoms with Crippen LogP contribution in [0.15, 0.2) is 53.4 Å². The normalized spacial score (nSPS) is 17.1. The molecule has 3 rings (SSSR count). The maximum absolute atomic E-state index is 13.1. The number of ether oxygens (including phenoxy) is 2. The van der Waals surface area contributed by atoms with Crippen LogP contribution >= 0.6 is 0 Å². The number of sulfonamides is 1. The molecule has 1 aliphatic rings. The van der Waals surface area contributed by atoms with Crippen molar-refractivity contribution >= 4 is 10.0 Å². The Labute approximate surface area is 173 Å². The van der Waals surface area contributed by atoms with E-state index >= 15 is 0 Å². The maximum Gasteiger partial charge on any atom is 0.244 e. The lowest BCUT2D eigenvalue weighted by atomic mass is 9.96. The van der Waals surface area contributed by atoms with Crippen LogP contribution in [0.2, 0.25) is 0 Å². The molecule has 1 unspecified atom stereocenters. The number of likely N-dealkylation sites (tertiary alicyclic amines) is 1. The van der Waals surface area contributed by atoms with Gasteiger partial charge in [-0.25, -0.2) is 13.1 Å². The van der Waals surface area contributed by atoms with E-state index < -0.39 is 10.0 Å². The van der Waals surface area contributed by atoms with Crippen molar-refractivity contribution in [3.05, 3.63) is 54.1 Å². The first-order valence-electron chi connectivity index (χ1n) is 9.95. The Kier molecular flexibility index (Phi) is 7.16. The lowest BCUT2D eigenvalue weighted by Gasteiger charge is -2.37. The molecule has 1 fully saturated rings. The largest absolute Gasteiger partial charge is 0.497 e. The van der Waals surface area contributed by atoms with Crippen LogP contribution in [0.25, 0.3) is 0 Å². The minimum Gasteiger partial charge on any atom is -0.497 e. The van der Waals surface area contributed by atoms with Gasteiger partial charge in [0.15, 0.2) is 0 Å². The summed E-state index contributed by atoms with van der Waals surface area (Å²) in [5.74, 6) is 1.47. The number of hydrogen-bond acceptors (Lipinski definition) is 5. The Bertz CT molecular complexity index is 894. The SMILES string of the molecule is COc1ccc(OC)c(S(=O)(=O)NCC(c2ccccc2)N2CCC(C)CC2)c1. The summed E-state index contributed by atoms with van der Waals surface area (Å²) in [6, 6.07) is 14.8. The van der Waals surface area contributed by atoms with Gasteiger partial charge in [0, 0.05) is 18.7 Å². The van der Waals surface area contributed by atoms with E-state index in [2.05, 4.69) is 28.7 Å². The van der Waals surface area contributed by atoms with E-state index in [-0.39, 0.29) is 10.9 Å². The van der Waals surface area contributed by atoms with Gasteiger partial charge in [-0.05, 0) is 49.5 Å². The molecule has 1 N–H and O–H groups in total. The van der Waals surface area contributed by atoms with Crippen molar-refractivity contribution in [1.82, 2.24) is 9.62 Å². The topological polar surface area (TPSA) is 67.9 Å². The molecule has 0 amide bonds. The molecular weight excluding hydrogens is 388 g/mol. The molecule has 29 heavy (non-hydrogen) atoms. The first kappa shape index (κ1) is 21.6. The highest BCUT2D eigenvalue weighted by Gasteiger charge is 2.27. The summed E-state index contributed by atoms with van der Waals surface area (Å²) in [5.41, 5.74) is 1.11. The monoisotopic (exact) mass is 418 g/mol. The fourth-order valence-electron chi connectivity index (χ4n) is 3.73. The van der Waals surface area contributed by atoms with Crippen LogP contribution < -0.4 is 14.2 Å². The number of nitrogens with one attached hydrogen (secondary N) is 1. The zero-order chi connectivity index (χ0) is 20.9. The maximum atomic E-state index is 13.1. The number of hydrogen-bond donors (Lipinski definition) is 1. The summed E-state index contributed by atoms with van der Waals surface area (Å²) >= 11 is 0. The van der Waals surface area contributed by atoms with Crippen LogP contribution in [0.5, 0.6) is 11.5 Å². The first-order valence-corrected chi connectivity index (χ1v) is 11.4. The highest BCUT2D eigenvalue weighted by Crippen LogP contribution is 2.30. The van der Waals surface area contributed by atoms with Gasteiger partial charge in [0.1, 0.15) is 16.4 Å². The number of rotatable bonds is 8. The third-order valence-corrected chi connectivity index (χ3v) is 7.02. The van der Waals surface area contributed by atoms with Crippen LogP contribution in [0, 0.1) is 5.92 Å². The van der Waals surface area contributed by atoms with Crippen LogP contribution in [-0.4, -0.2) is 47.2 Å². The molecule has 1 saturated heterocycles. The number of piperidine rings is 1. The molecule has 2 aromatic rings. The Morgan fingerprint density at radius 2 is 1.76 bits per heavy atom. The summed E-state index contributed by atoms with van der Waals surface area (Å²) in [6.07, 6.45) is 2.25. The fraction of sp³-hybridized carbons (Fsp3) is 0.455. The zero-order valence-electron chi connectivity index (χ0n) is 17.3. The molecule has 0 radical (unpaired) electrons. The lowest BCUT2D eigenvalue weighted by Crippen LogP contribution is -2.42. The van der Waals surface area contributed by atoms with Crippen LogP contribution in [0.3, 0.4) is 0 Å². The Balaban J connectivity index is 1.83. The molecule has 6 nitrogen and oxygen atoms in total. The third kappa shape index (κ3) is 5.29. The predicted octanol–water partition coefficient (Wildman–Crippen LogP) is 3.46. The van der Waals surface area contributed by atoms with Crippen molar-refractivity contribution in [3.63, 3.8) is 0 Å². The van der Waals surface area contributed by atoms with Crippen LogP contribution in [0.1, 0.15) is 31.4 Å². The van der Waals surface area contributed by atoms with Crippen LogP contribution in [-0.2, 0) is 10.0 Å². The van der Waals surface area contributed by atoms with Gasteiger partial charge in [-0.1, -0.05) is 37.3 Å². The van der Waals surface area contributed by atoms with Gasteiger partial charge < -0.3 is 9.47 Å². The van der Waals surface area contributed by atoms with Crippen LogP contribution in [0.4, 0.5) is 0 Å². The zero-order valence-corrected chi connectivity index (χ0v) is 18.1. The average molecular weight is 419 g/mol. The van der Waals surface area contributed by atoms with Gasteiger partial charge in [0.25, 0.3) is 0 Å². The van der Waals surface area contributed by atoms with E-state index in [4.69, 9.17) is 9.47 Å². The molecule has 0 spiro atoms. The average Bonchev–Trinajstić information content (AvgIpc) is 2.75. The van der Waals surface area contributed by atoms with Gasteiger partial charge in [-0.3, -0.25) is 4.90 Å². The van der Waals surface area contributed by atoms with E-state index in [1.54, 1.807) is 12.1 Å². The molecule has 158 valence electrons. The smallest absolute Gasteiger partial charge is 0.244 e. The number of benzene rings is 2. The Morgan fingerprint density at radius 3 is 2.38 bits per heavy atom. The molecule has 0 aliphatic carbocycles. The van der Waals surface area contributed by atoms with Crippen molar-refractivity contribution in [2.45, 2.75) is 30.7 Å². The van der Waals surface area contributed by atoms with E-state index in [9.17, 15) is 8.42 Å². The number of methoxy groups -OCH3 is 2. The van der Waals surface area contributed by atoms with Crippen molar-refractivity contribution in [2.75, 3.05) is 33.9 Å². The molecule has 7 heteroatoms. The van der Waals surface area contributed by atoms with Crippen molar-refractivity contribution < 1.29 is 17.9 Å². The van der Waals surface area contributed by atoms with Crippen molar-refractivity contribution in [1.29, 1.82) is 0 Å². The first-order chi connectivity index (χ1) is 13.9. The Morgan fingerprint density at radius 1 is 1.07 bits per heavy atom. The van der Waals surface area contributed by atoms with Crippen molar-refractivity contribution in [2.24, 2.45) is 5.92 Å². The predicted molar refractivity (Wildman–Crippen MR) is 114 cm³/mol. The highest BCUT2D eigenvalue weighted by atomic mass is 32.2. The molecule has 1 aliphatic heterocycles. The summed E-state index contributed by atoms with van der Waals surface area (Å²) in [4.78, 5) is 2.46. The third-order valence-electron chi connectivity index (χ3n) is 5.57. The highest BCUT2D eigenvalue weighted by molar-refractivity contribution is 7.89. The molecule has 0 bridgehead atoms. The van der Waals surface area contributed by atoms with Gasteiger partial charge in [0.2, 0.25) is 10.0 Å². The second kappa shape index (κ2) is 9.61. The minimum absolute atomic E-state index is 0.0184. The minimum atomic E-state index is -3.77. The van der Waals surface area contributed by atoms with E-state index in [1.165, 1.54) is 20.3 Å². The molecule has 2 aromatic carbocycles. The Hall–Kier alpha value is -2.09. The molecule has 1 heterocycles. The van der Waals surface area contributed by atoms with Crippen molar-refractivity contribution in [3.8, 4) is 11.5 Å². The van der Waals surface area contributed by atoms with E-state index in [1.807, 2.05) is 18.2 Å². The second-order valence-electron chi connectivity index (χ2n) is 7.51. The van der Waals surface area contributed by atoms with Gasteiger partial charge >= 0.3 is 0 Å². The van der Waals surface area contributed by atoms with Gasteiger partial charge in [-0.15, -0.1) is 0 Å². The molecular formula is C22H30N2O4S. The quantitative estimate of drug-likeness (QED) is 0.711. The fourth-order valence-corrected chi connectivity index (χ4v) is 4.95. The molecule has 0 aromatic heterocycles. The molecule has 0 saturated carbocycles. The summed E-state index contributed by atoms with van der Waals surface area (Å²) in [5, 5.41) is 0. The van der Waals surface area contributed by atoms with E-state index in [0.29, 0.717) is 24.0 Å². The summed E-state index contributed by atoms with van der Waals surface area (Å²) < 4.78 is 39.4. The van der Waals surface area contributed by atoms with Gasteiger partial charge in [-0.2, -0.15) is 0 Å². The number of nitrogens with zero attached hydrogens (tertiary/aromatic N) is 1. The lowest BCUT2D eigenvalue weighted by molar-refractivity contribution is 0.139. The standard InChI is InChI=1S/C22H30N2O4S/c1-17-11-13-24(14-12-17)20(18-7-5-4-6-8-18)16-23-29(25,26)22-15-19(27-2)9-10-21(22)28-3/h4-10,15,17,20,23H,11-14,16H2,1-3H3. The molecule has 1 atom stereocenters. The van der Waals surface area contributed by atoms with E-state index in [0.717, 1.165) is 31.5 Å². The van der Waals surface area contributed by atoms with Gasteiger partial charge in [0.05, 0.1) is 14.2 Å². The summed E-state index contributed by atoms with van der Waals surface area (Å²) in [7, 11) is -0.801.